The predicted molar refractivity (Wildman–Crippen MR) is 122 cm³/mol. The molecule has 0 N–H and O–H groups in total. The van der Waals surface area contributed by atoms with Crippen LogP contribution in [-0.2, 0) is 4.79 Å². The van der Waals surface area contributed by atoms with Crippen molar-refractivity contribution in [3.63, 3.8) is 0 Å². The molecule has 1 aliphatic rings. The summed E-state index contributed by atoms with van der Waals surface area (Å²) in [4.78, 5) is 28.6. The third-order valence-corrected chi connectivity index (χ3v) is 6.14. The van der Waals surface area contributed by atoms with Crippen molar-refractivity contribution >= 4 is 23.4 Å². The first-order chi connectivity index (χ1) is 14.8. The van der Waals surface area contributed by atoms with Crippen LogP contribution in [0.4, 0.5) is 0 Å². The highest BCUT2D eigenvalue weighted by atomic mass is 35.5. The quantitative estimate of drug-likeness (QED) is 0.620. The van der Waals surface area contributed by atoms with Crippen molar-refractivity contribution in [3.05, 3.63) is 70.4 Å². The number of amides is 2. The number of nitrogens with zero attached hydrogens (tertiary/aromatic N) is 4. The van der Waals surface area contributed by atoms with Crippen molar-refractivity contribution in [2.24, 2.45) is 0 Å². The van der Waals surface area contributed by atoms with Crippen molar-refractivity contribution < 1.29 is 9.59 Å². The lowest BCUT2D eigenvalue weighted by atomic mass is 10.0. The second-order valence-corrected chi connectivity index (χ2v) is 8.28. The van der Waals surface area contributed by atoms with E-state index in [4.69, 9.17) is 16.7 Å². The maximum Gasteiger partial charge on any atom is 0.272 e. The second kappa shape index (κ2) is 8.55. The molecule has 0 aliphatic carbocycles. The van der Waals surface area contributed by atoms with Gasteiger partial charge in [-0.05, 0) is 49.2 Å². The number of para-hydroxylation sites is 1. The van der Waals surface area contributed by atoms with Crippen LogP contribution in [0.3, 0.4) is 0 Å². The summed E-state index contributed by atoms with van der Waals surface area (Å²) in [5.41, 5.74) is 5.15. The zero-order valence-corrected chi connectivity index (χ0v) is 18.7. The molecule has 0 spiro atoms. The number of aromatic nitrogens is 2. The van der Waals surface area contributed by atoms with Crippen LogP contribution in [0.5, 0.6) is 0 Å². The summed E-state index contributed by atoms with van der Waals surface area (Å²) in [6.45, 7) is 7.73. The van der Waals surface area contributed by atoms with E-state index in [1.54, 1.807) is 27.5 Å². The normalized spacial score (nSPS) is 14.1. The van der Waals surface area contributed by atoms with Gasteiger partial charge in [0, 0.05) is 38.7 Å². The Bertz CT molecular complexity index is 1150. The van der Waals surface area contributed by atoms with Crippen molar-refractivity contribution in [1.82, 2.24) is 19.6 Å². The Morgan fingerprint density at radius 1 is 0.903 bits per heavy atom. The van der Waals surface area contributed by atoms with Crippen LogP contribution in [0.15, 0.2) is 48.5 Å². The molecule has 0 unspecified atom stereocenters. The molecule has 0 saturated carbocycles. The van der Waals surface area contributed by atoms with Crippen molar-refractivity contribution in [2.75, 3.05) is 26.2 Å². The van der Waals surface area contributed by atoms with Gasteiger partial charge in [-0.15, -0.1) is 0 Å². The second-order valence-electron chi connectivity index (χ2n) is 7.88. The van der Waals surface area contributed by atoms with Crippen molar-refractivity contribution in [3.8, 4) is 16.9 Å². The number of halogens is 1. The SMILES string of the molecule is CC(=O)N1CCN(C(=O)c2cc(-c3ccc(C)c(C)c3)nn2-c2ccccc2Cl)CC1. The van der Waals surface area contributed by atoms with Gasteiger partial charge in [-0.25, -0.2) is 4.68 Å². The Morgan fingerprint density at radius 2 is 1.58 bits per heavy atom. The Hall–Kier alpha value is -3.12. The average Bonchev–Trinajstić information content (AvgIpc) is 3.20. The summed E-state index contributed by atoms with van der Waals surface area (Å²) in [7, 11) is 0. The van der Waals surface area contributed by atoms with Gasteiger partial charge in [-0.2, -0.15) is 5.10 Å². The molecule has 160 valence electrons. The highest BCUT2D eigenvalue weighted by molar-refractivity contribution is 6.32. The van der Waals surface area contributed by atoms with E-state index >= 15 is 0 Å². The number of hydrogen-bond donors (Lipinski definition) is 0. The Morgan fingerprint density at radius 3 is 2.23 bits per heavy atom. The van der Waals surface area contributed by atoms with E-state index in [9.17, 15) is 9.59 Å². The first kappa shape index (κ1) is 21.1. The molecule has 6 nitrogen and oxygen atoms in total. The highest BCUT2D eigenvalue weighted by Gasteiger charge is 2.27. The third-order valence-electron chi connectivity index (χ3n) is 5.82. The minimum absolute atomic E-state index is 0.0326. The molecule has 2 amide bonds. The number of benzene rings is 2. The molecule has 4 rings (SSSR count). The zero-order chi connectivity index (χ0) is 22.1. The van der Waals surface area contributed by atoms with Gasteiger partial charge >= 0.3 is 0 Å². The summed E-state index contributed by atoms with van der Waals surface area (Å²) in [6, 6.07) is 15.3. The topological polar surface area (TPSA) is 58.4 Å². The molecule has 1 aromatic heterocycles. The molecule has 0 radical (unpaired) electrons. The van der Waals surface area contributed by atoms with E-state index in [1.165, 1.54) is 5.56 Å². The van der Waals surface area contributed by atoms with Crippen LogP contribution in [0.25, 0.3) is 16.9 Å². The lowest BCUT2D eigenvalue weighted by Crippen LogP contribution is -2.50. The molecular formula is C24H25ClN4O2. The number of carbonyl (C=O) groups is 2. The fraction of sp³-hybridized carbons (Fsp3) is 0.292. The minimum atomic E-state index is -0.120. The van der Waals surface area contributed by atoms with Gasteiger partial charge in [0.2, 0.25) is 5.91 Å². The maximum absolute atomic E-state index is 13.5. The number of rotatable bonds is 3. The Labute approximate surface area is 187 Å². The molecule has 31 heavy (non-hydrogen) atoms. The van der Waals surface area contributed by atoms with Crippen LogP contribution in [0, 0.1) is 13.8 Å². The lowest BCUT2D eigenvalue weighted by Gasteiger charge is -2.34. The van der Waals surface area contributed by atoms with Crippen molar-refractivity contribution in [2.45, 2.75) is 20.8 Å². The fourth-order valence-electron chi connectivity index (χ4n) is 3.77. The molecule has 0 bridgehead atoms. The van der Waals surface area contributed by atoms with Crippen LogP contribution >= 0.6 is 11.6 Å². The van der Waals surface area contributed by atoms with E-state index in [2.05, 4.69) is 26.0 Å². The Kier molecular flexibility index (Phi) is 5.83. The number of aryl methyl sites for hydroxylation is 2. The van der Waals surface area contributed by atoms with Gasteiger partial charge in [0.15, 0.2) is 0 Å². The molecule has 2 aromatic carbocycles. The van der Waals surface area contributed by atoms with Crippen molar-refractivity contribution in [1.29, 1.82) is 0 Å². The number of piperazine rings is 1. The molecule has 2 heterocycles. The average molecular weight is 437 g/mol. The van der Waals surface area contributed by atoms with Gasteiger partial charge in [-0.3, -0.25) is 9.59 Å². The van der Waals surface area contributed by atoms with Gasteiger partial charge in [-0.1, -0.05) is 35.9 Å². The molecule has 7 heteroatoms. The van der Waals surface area contributed by atoms with Crippen LogP contribution in [0.2, 0.25) is 5.02 Å². The fourth-order valence-corrected chi connectivity index (χ4v) is 3.98. The highest BCUT2D eigenvalue weighted by Crippen LogP contribution is 2.27. The number of carbonyl (C=O) groups excluding carboxylic acids is 2. The van der Waals surface area contributed by atoms with Gasteiger partial charge < -0.3 is 9.80 Å². The first-order valence-corrected chi connectivity index (χ1v) is 10.7. The molecule has 0 atom stereocenters. The molecular weight excluding hydrogens is 412 g/mol. The zero-order valence-electron chi connectivity index (χ0n) is 17.9. The van der Waals surface area contributed by atoms with Crippen LogP contribution in [-0.4, -0.2) is 57.6 Å². The smallest absolute Gasteiger partial charge is 0.272 e. The van der Waals surface area contributed by atoms with Gasteiger partial charge in [0.05, 0.1) is 16.4 Å². The predicted octanol–water partition coefficient (Wildman–Crippen LogP) is 4.11. The first-order valence-electron chi connectivity index (χ1n) is 10.3. The summed E-state index contributed by atoms with van der Waals surface area (Å²) in [5, 5.41) is 5.28. The van der Waals surface area contributed by atoms with E-state index in [1.807, 2.05) is 30.3 Å². The molecule has 3 aromatic rings. The molecule has 1 saturated heterocycles. The monoisotopic (exact) mass is 436 g/mol. The molecule has 1 fully saturated rings. The number of hydrogen-bond acceptors (Lipinski definition) is 3. The van der Waals surface area contributed by atoms with E-state index < -0.39 is 0 Å². The van der Waals surface area contributed by atoms with E-state index in [0.29, 0.717) is 48.3 Å². The third kappa shape index (κ3) is 4.21. The minimum Gasteiger partial charge on any atom is -0.339 e. The summed E-state index contributed by atoms with van der Waals surface area (Å²) >= 11 is 6.45. The Balaban J connectivity index is 1.74. The summed E-state index contributed by atoms with van der Waals surface area (Å²) in [5.74, 6) is -0.0871. The lowest BCUT2D eigenvalue weighted by molar-refractivity contribution is -0.130. The van der Waals surface area contributed by atoms with Crippen LogP contribution in [0.1, 0.15) is 28.5 Å². The van der Waals surface area contributed by atoms with Gasteiger partial charge in [0.1, 0.15) is 5.69 Å². The summed E-state index contributed by atoms with van der Waals surface area (Å²) in [6.07, 6.45) is 0. The van der Waals surface area contributed by atoms with Gasteiger partial charge in [0.25, 0.3) is 5.91 Å². The standard InChI is InChI=1S/C24H25ClN4O2/c1-16-8-9-19(14-17(16)2)21-15-23(29(26-21)22-7-5-4-6-20(22)25)24(31)28-12-10-27(11-13-28)18(3)30/h4-9,14-15H,10-13H2,1-3H3. The largest absolute Gasteiger partial charge is 0.339 e. The summed E-state index contributed by atoms with van der Waals surface area (Å²) < 4.78 is 1.63. The maximum atomic E-state index is 13.5. The molecule has 1 aliphatic heterocycles. The van der Waals surface area contributed by atoms with Crippen LogP contribution < -0.4 is 0 Å². The van der Waals surface area contributed by atoms with E-state index in [-0.39, 0.29) is 11.8 Å². The van der Waals surface area contributed by atoms with E-state index in [0.717, 1.165) is 11.1 Å².